The summed E-state index contributed by atoms with van der Waals surface area (Å²) >= 11 is 3.07. The zero-order valence-corrected chi connectivity index (χ0v) is 25.5. The predicted molar refractivity (Wildman–Crippen MR) is 159 cm³/mol. The zero-order chi connectivity index (χ0) is 30.1. The number of benzene rings is 1. The second-order valence-corrected chi connectivity index (χ2v) is 12.5. The standard InChI is InChI=1S/C31H30BrFN6O3/c1-15-6-19(20-11-34-18(4)35-12-20)8-21-22(17(3)40)13-38(27(15)21)14-26(41)39-24(9-31(5)10-25(31)39)30(42)37-29-16(2)7-23(33)28(32)36-29/h6-8,11-13,24-25H,9-10,14H2,1-5H3,(H,36,37,42)/t24-,25+,31-/m0/s1. The molecule has 0 spiro atoms. The first-order valence-corrected chi connectivity index (χ1v) is 14.5. The number of aryl methyl sites for hydroxylation is 3. The Bertz CT molecular complexity index is 1800. The fourth-order valence-corrected chi connectivity index (χ4v) is 6.53. The number of carbonyl (C=O) groups is 3. The van der Waals surface area contributed by atoms with Gasteiger partial charge in [0, 0.05) is 41.1 Å². The van der Waals surface area contributed by atoms with Crippen LogP contribution in [0.3, 0.4) is 0 Å². The number of aromatic nitrogens is 4. The lowest BCUT2D eigenvalue weighted by atomic mass is 10.0. The Balaban J connectivity index is 1.31. The van der Waals surface area contributed by atoms with Crippen LogP contribution >= 0.6 is 15.9 Å². The number of amides is 2. The number of halogens is 2. The molecule has 3 atom stereocenters. The van der Waals surface area contributed by atoms with Gasteiger partial charge in [-0.25, -0.2) is 19.3 Å². The van der Waals surface area contributed by atoms with E-state index in [0.29, 0.717) is 23.4 Å². The number of anilines is 1. The van der Waals surface area contributed by atoms with E-state index in [1.54, 1.807) is 30.4 Å². The minimum absolute atomic E-state index is 0.00626. The second-order valence-electron chi connectivity index (χ2n) is 11.7. The lowest BCUT2D eigenvalue weighted by molar-refractivity contribution is -0.138. The summed E-state index contributed by atoms with van der Waals surface area (Å²) in [5.74, 6) is -0.259. The molecule has 4 heterocycles. The monoisotopic (exact) mass is 632 g/mol. The SMILES string of the molecule is CC(=O)c1cn(CC(=O)N2[C@H](C(=O)Nc3nc(Br)c(F)cc3C)C[C@@]3(C)C[C@@H]23)c2c(C)cc(-c3cnc(C)nc3)cc12. The van der Waals surface area contributed by atoms with Crippen molar-refractivity contribution in [1.29, 1.82) is 0 Å². The number of nitrogens with one attached hydrogen (secondary N) is 1. The van der Waals surface area contributed by atoms with Gasteiger partial charge in [-0.15, -0.1) is 0 Å². The van der Waals surface area contributed by atoms with Gasteiger partial charge in [0.25, 0.3) is 0 Å². The van der Waals surface area contributed by atoms with Gasteiger partial charge in [-0.05, 0) is 96.8 Å². The minimum atomic E-state index is -0.686. The van der Waals surface area contributed by atoms with Gasteiger partial charge >= 0.3 is 0 Å². The fourth-order valence-electron chi connectivity index (χ4n) is 6.24. The third kappa shape index (κ3) is 4.79. The number of hydrogen-bond donors (Lipinski definition) is 1. The minimum Gasteiger partial charge on any atom is -0.337 e. The number of fused-ring (bicyclic) bond motifs is 2. The Morgan fingerprint density at radius 1 is 1.07 bits per heavy atom. The van der Waals surface area contributed by atoms with E-state index in [1.807, 2.05) is 30.5 Å². The van der Waals surface area contributed by atoms with Crippen molar-refractivity contribution in [3.8, 4) is 11.1 Å². The van der Waals surface area contributed by atoms with E-state index in [1.165, 1.54) is 13.0 Å². The van der Waals surface area contributed by atoms with Crippen molar-refractivity contribution in [3.05, 3.63) is 69.7 Å². The van der Waals surface area contributed by atoms with E-state index in [4.69, 9.17) is 0 Å². The molecule has 1 aliphatic carbocycles. The molecule has 0 bridgehead atoms. The zero-order valence-electron chi connectivity index (χ0n) is 24.0. The lowest BCUT2D eigenvalue weighted by Crippen LogP contribution is -2.46. The molecule has 2 amide bonds. The number of likely N-dealkylation sites (tertiary alicyclic amines) is 1. The topological polar surface area (TPSA) is 110 Å². The highest BCUT2D eigenvalue weighted by molar-refractivity contribution is 9.10. The molecule has 42 heavy (non-hydrogen) atoms. The van der Waals surface area contributed by atoms with E-state index in [9.17, 15) is 18.8 Å². The molecule has 9 nitrogen and oxygen atoms in total. The third-order valence-electron chi connectivity index (χ3n) is 8.55. The molecule has 1 N–H and O–H groups in total. The van der Waals surface area contributed by atoms with Crippen molar-refractivity contribution < 1.29 is 18.8 Å². The Morgan fingerprint density at radius 2 is 1.79 bits per heavy atom. The molecular weight excluding hydrogens is 603 g/mol. The quantitative estimate of drug-likeness (QED) is 0.221. The Labute approximate surface area is 250 Å². The van der Waals surface area contributed by atoms with Crippen LogP contribution in [0.4, 0.5) is 10.2 Å². The van der Waals surface area contributed by atoms with E-state index < -0.39 is 11.9 Å². The van der Waals surface area contributed by atoms with Crippen LogP contribution in [0, 0.1) is 32.0 Å². The second kappa shape index (κ2) is 10.1. The Morgan fingerprint density at radius 3 is 2.48 bits per heavy atom. The highest BCUT2D eigenvalue weighted by Crippen LogP contribution is 2.59. The first-order chi connectivity index (χ1) is 19.9. The maximum atomic E-state index is 13.9. The molecule has 0 unspecified atom stereocenters. The number of nitrogens with zero attached hydrogens (tertiary/aromatic N) is 5. The van der Waals surface area contributed by atoms with Gasteiger partial charge in [-0.2, -0.15) is 0 Å². The molecule has 2 aliphatic rings. The van der Waals surface area contributed by atoms with Crippen molar-refractivity contribution >= 4 is 50.2 Å². The number of carbonyl (C=O) groups excluding carboxylic acids is 3. The lowest BCUT2D eigenvalue weighted by Gasteiger charge is -2.27. The predicted octanol–water partition coefficient (Wildman–Crippen LogP) is 5.54. The maximum absolute atomic E-state index is 13.9. The number of pyridine rings is 1. The first kappa shape index (κ1) is 28.1. The van der Waals surface area contributed by atoms with Crippen LogP contribution in [0.1, 0.15) is 54.0 Å². The summed E-state index contributed by atoms with van der Waals surface area (Å²) in [5, 5.41) is 3.56. The summed E-state index contributed by atoms with van der Waals surface area (Å²) in [7, 11) is 0. The van der Waals surface area contributed by atoms with Gasteiger partial charge in [0.15, 0.2) is 11.6 Å². The van der Waals surface area contributed by atoms with Gasteiger partial charge in [0.2, 0.25) is 11.8 Å². The average molecular weight is 634 g/mol. The van der Waals surface area contributed by atoms with Crippen LogP contribution in [0.2, 0.25) is 0 Å². The molecule has 1 saturated carbocycles. The summed E-state index contributed by atoms with van der Waals surface area (Å²) in [6.07, 6.45) is 6.60. The van der Waals surface area contributed by atoms with Crippen LogP contribution in [0.5, 0.6) is 0 Å². The highest BCUT2D eigenvalue weighted by atomic mass is 79.9. The molecule has 1 saturated heterocycles. The van der Waals surface area contributed by atoms with Crippen LogP contribution in [0.15, 0.2) is 41.4 Å². The van der Waals surface area contributed by atoms with E-state index in [2.05, 4.69) is 43.1 Å². The molecule has 4 aromatic rings. The first-order valence-electron chi connectivity index (χ1n) is 13.7. The van der Waals surface area contributed by atoms with Crippen LogP contribution < -0.4 is 5.32 Å². The Kier molecular flexibility index (Phi) is 6.75. The van der Waals surface area contributed by atoms with Crippen molar-refractivity contribution in [3.63, 3.8) is 0 Å². The molecule has 1 aliphatic heterocycles. The van der Waals surface area contributed by atoms with Gasteiger partial charge in [-0.1, -0.05) is 6.92 Å². The molecule has 6 rings (SSSR count). The van der Waals surface area contributed by atoms with Crippen molar-refractivity contribution in [2.45, 2.75) is 66.1 Å². The molecule has 3 aromatic heterocycles. The molecule has 1 aromatic carbocycles. The normalized spacial score (nSPS) is 21.0. The van der Waals surface area contributed by atoms with Gasteiger partial charge < -0.3 is 14.8 Å². The molecule has 0 radical (unpaired) electrons. The van der Waals surface area contributed by atoms with E-state index in [0.717, 1.165) is 34.0 Å². The number of ketones is 1. The summed E-state index contributed by atoms with van der Waals surface area (Å²) in [5.41, 5.74) is 4.28. The summed E-state index contributed by atoms with van der Waals surface area (Å²) in [6, 6.07) is 4.51. The highest BCUT2D eigenvalue weighted by Gasteiger charge is 2.64. The van der Waals surface area contributed by atoms with Crippen LogP contribution in [-0.2, 0) is 16.1 Å². The Hall–Kier alpha value is -3.99. The van der Waals surface area contributed by atoms with E-state index in [-0.39, 0.29) is 46.0 Å². The van der Waals surface area contributed by atoms with Gasteiger partial charge in [0.1, 0.15) is 28.8 Å². The largest absolute Gasteiger partial charge is 0.337 e. The van der Waals surface area contributed by atoms with E-state index >= 15 is 0 Å². The average Bonchev–Trinajstić information content (AvgIpc) is 3.28. The van der Waals surface area contributed by atoms with Crippen molar-refractivity contribution in [2.75, 3.05) is 5.32 Å². The summed E-state index contributed by atoms with van der Waals surface area (Å²) < 4.78 is 15.7. The molecule has 11 heteroatoms. The molecular formula is C31H30BrFN6O3. The van der Waals surface area contributed by atoms with Crippen LogP contribution in [-0.4, -0.2) is 54.1 Å². The maximum Gasteiger partial charge on any atom is 0.248 e. The van der Waals surface area contributed by atoms with Crippen molar-refractivity contribution in [1.82, 2.24) is 24.4 Å². The van der Waals surface area contributed by atoms with Gasteiger partial charge in [0.05, 0.1) is 5.52 Å². The summed E-state index contributed by atoms with van der Waals surface area (Å²) in [6.45, 7) is 9.01. The number of rotatable bonds is 6. The van der Waals surface area contributed by atoms with Crippen LogP contribution in [0.25, 0.3) is 22.0 Å². The smallest absolute Gasteiger partial charge is 0.248 e. The summed E-state index contributed by atoms with van der Waals surface area (Å²) in [4.78, 5) is 54.5. The number of hydrogen-bond acceptors (Lipinski definition) is 6. The fraction of sp³-hybridized carbons (Fsp3) is 0.355. The number of piperidine rings is 1. The third-order valence-corrected chi connectivity index (χ3v) is 9.11. The number of Topliss-reactive ketones (excluding diaryl/α,β-unsaturated/α-hetero) is 1. The van der Waals surface area contributed by atoms with Gasteiger partial charge in [-0.3, -0.25) is 14.4 Å². The molecule has 2 fully saturated rings. The van der Waals surface area contributed by atoms with Crippen molar-refractivity contribution in [2.24, 2.45) is 5.41 Å². The molecule has 216 valence electrons.